The van der Waals surface area contributed by atoms with E-state index in [9.17, 15) is 0 Å². The molecule has 4 nitrogen and oxygen atoms in total. The Morgan fingerprint density at radius 2 is 1.56 bits per heavy atom. The molecule has 3 aromatic rings. The number of aryl methyl sites for hydroxylation is 2. The van der Waals surface area contributed by atoms with E-state index in [1.165, 1.54) is 38.9 Å². The van der Waals surface area contributed by atoms with Crippen molar-refractivity contribution in [1.29, 1.82) is 0 Å². The van der Waals surface area contributed by atoms with Crippen LogP contribution in [-0.4, -0.2) is 32.4 Å². The molecule has 2 unspecified atom stereocenters. The van der Waals surface area contributed by atoms with Crippen LogP contribution in [0.15, 0.2) is 60.7 Å². The summed E-state index contributed by atoms with van der Waals surface area (Å²) in [5, 5.41) is 3.53. The lowest BCUT2D eigenvalue weighted by Gasteiger charge is -2.33. The van der Waals surface area contributed by atoms with Crippen molar-refractivity contribution in [3.8, 4) is 5.75 Å². The van der Waals surface area contributed by atoms with Crippen molar-refractivity contribution in [2.24, 2.45) is 0 Å². The van der Waals surface area contributed by atoms with Gasteiger partial charge in [0.2, 0.25) is 0 Å². The van der Waals surface area contributed by atoms with Gasteiger partial charge in [0.1, 0.15) is 5.75 Å². The Balaban J connectivity index is 1.26. The van der Waals surface area contributed by atoms with Crippen molar-refractivity contribution in [1.82, 2.24) is 5.32 Å². The standard InChI is InChI=1S/C32H41NO3/c1-23-19-24(2)26(4)31(25(23)3)22-36-32-20-33-16-15-30(32)28-11-13-29(14-12-28)35-18-8-17-34-21-27-9-6-5-7-10-27/h5-7,9-14,19,30,32-33H,8,15-18,20-22H2,1-4H3. The highest BCUT2D eigenvalue weighted by atomic mass is 16.5. The van der Waals surface area contributed by atoms with Crippen molar-refractivity contribution in [3.05, 3.63) is 99.6 Å². The maximum Gasteiger partial charge on any atom is 0.119 e. The molecule has 1 heterocycles. The molecule has 2 atom stereocenters. The van der Waals surface area contributed by atoms with E-state index < -0.39 is 0 Å². The Bertz CT molecular complexity index is 1070. The van der Waals surface area contributed by atoms with Crippen molar-refractivity contribution in [3.63, 3.8) is 0 Å². The lowest BCUT2D eigenvalue weighted by molar-refractivity contribution is 0.0101. The van der Waals surface area contributed by atoms with E-state index in [1.807, 2.05) is 18.2 Å². The molecule has 0 aliphatic carbocycles. The van der Waals surface area contributed by atoms with Crippen LogP contribution in [0.1, 0.15) is 57.7 Å². The smallest absolute Gasteiger partial charge is 0.119 e. The maximum absolute atomic E-state index is 6.56. The first-order valence-corrected chi connectivity index (χ1v) is 13.3. The van der Waals surface area contributed by atoms with Crippen LogP contribution in [0.3, 0.4) is 0 Å². The molecule has 0 spiro atoms. The van der Waals surface area contributed by atoms with E-state index in [0.717, 1.165) is 31.7 Å². The van der Waals surface area contributed by atoms with Gasteiger partial charge in [0, 0.05) is 18.9 Å². The molecule has 1 N–H and O–H groups in total. The van der Waals surface area contributed by atoms with Gasteiger partial charge in [0.25, 0.3) is 0 Å². The third-order valence-electron chi connectivity index (χ3n) is 7.51. The van der Waals surface area contributed by atoms with E-state index in [0.29, 0.717) is 32.3 Å². The summed E-state index contributed by atoms with van der Waals surface area (Å²) in [5.41, 5.74) is 9.26. The van der Waals surface area contributed by atoms with Gasteiger partial charge in [-0.25, -0.2) is 0 Å². The first-order valence-electron chi connectivity index (χ1n) is 13.3. The first kappa shape index (κ1) is 26.4. The van der Waals surface area contributed by atoms with Gasteiger partial charge in [0.05, 0.1) is 32.5 Å². The summed E-state index contributed by atoms with van der Waals surface area (Å²) in [5.74, 6) is 1.30. The molecule has 0 aromatic heterocycles. The van der Waals surface area contributed by atoms with Crippen molar-refractivity contribution in [2.45, 2.75) is 65.8 Å². The van der Waals surface area contributed by atoms with E-state index in [4.69, 9.17) is 14.2 Å². The minimum absolute atomic E-state index is 0.159. The van der Waals surface area contributed by atoms with Crippen LogP contribution >= 0.6 is 0 Å². The molecule has 3 aromatic carbocycles. The summed E-state index contributed by atoms with van der Waals surface area (Å²) < 4.78 is 18.3. The first-order chi connectivity index (χ1) is 17.5. The summed E-state index contributed by atoms with van der Waals surface area (Å²) in [6.07, 6.45) is 2.11. The number of benzene rings is 3. The molecule has 4 rings (SSSR count). The van der Waals surface area contributed by atoms with Crippen LogP contribution in [0, 0.1) is 27.7 Å². The highest BCUT2D eigenvalue weighted by molar-refractivity contribution is 5.43. The predicted octanol–water partition coefficient (Wildman–Crippen LogP) is 6.57. The summed E-state index contributed by atoms with van der Waals surface area (Å²) >= 11 is 0. The summed E-state index contributed by atoms with van der Waals surface area (Å²) in [4.78, 5) is 0. The highest BCUT2D eigenvalue weighted by Gasteiger charge is 2.27. The molecule has 0 amide bonds. The topological polar surface area (TPSA) is 39.7 Å². The van der Waals surface area contributed by atoms with Crippen LogP contribution in [0.4, 0.5) is 0 Å². The van der Waals surface area contributed by atoms with Gasteiger partial charge in [-0.05, 0) is 91.7 Å². The SMILES string of the molecule is Cc1cc(C)c(C)c(COC2CNCCC2c2ccc(OCCCOCc3ccccc3)cc2)c1C. The average molecular weight is 488 g/mol. The number of nitrogens with one attached hydrogen (secondary N) is 1. The lowest BCUT2D eigenvalue weighted by atomic mass is 9.87. The van der Waals surface area contributed by atoms with Gasteiger partial charge >= 0.3 is 0 Å². The Kier molecular flexibility index (Phi) is 9.57. The van der Waals surface area contributed by atoms with Gasteiger partial charge in [-0.1, -0.05) is 48.5 Å². The summed E-state index contributed by atoms with van der Waals surface area (Å²) in [6, 6.07) is 21.2. The Hall–Kier alpha value is -2.66. The fraction of sp³-hybridized carbons (Fsp3) is 0.438. The average Bonchev–Trinajstić information content (AvgIpc) is 2.91. The van der Waals surface area contributed by atoms with Gasteiger partial charge in [-0.15, -0.1) is 0 Å². The number of rotatable bonds is 11. The molecule has 0 radical (unpaired) electrons. The van der Waals surface area contributed by atoms with Crippen molar-refractivity contribution >= 4 is 0 Å². The van der Waals surface area contributed by atoms with Gasteiger partial charge in [-0.2, -0.15) is 0 Å². The van der Waals surface area contributed by atoms with Crippen LogP contribution in [0.2, 0.25) is 0 Å². The van der Waals surface area contributed by atoms with Crippen LogP contribution < -0.4 is 10.1 Å². The molecule has 192 valence electrons. The number of piperidine rings is 1. The van der Waals surface area contributed by atoms with Crippen LogP contribution in [-0.2, 0) is 22.7 Å². The molecule has 36 heavy (non-hydrogen) atoms. The predicted molar refractivity (Wildman–Crippen MR) is 147 cm³/mol. The lowest BCUT2D eigenvalue weighted by Crippen LogP contribution is -2.41. The zero-order chi connectivity index (χ0) is 25.3. The second-order valence-electron chi connectivity index (χ2n) is 10.00. The van der Waals surface area contributed by atoms with E-state index in [-0.39, 0.29) is 6.10 Å². The molecule has 0 bridgehead atoms. The highest BCUT2D eigenvalue weighted by Crippen LogP contribution is 2.31. The minimum atomic E-state index is 0.159. The quantitative estimate of drug-likeness (QED) is 0.311. The number of ether oxygens (including phenoxy) is 3. The monoisotopic (exact) mass is 487 g/mol. The Morgan fingerprint density at radius 1 is 0.833 bits per heavy atom. The molecule has 0 saturated carbocycles. The molecule has 4 heteroatoms. The summed E-state index contributed by atoms with van der Waals surface area (Å²) in [7, 11) is 0. The second-order valence-corrected chi connectivity index (χ2v) is 10.00. The molecule has 1 saturated heterocycles. The van der Waals surface area contributed by atoms with Crippen molar-refractivity contribution < 1.29 is 14.2 Å². The Morgan fingerprint density at radius 3 is 2.28 bits per heavy atom. The summed E-state index contributed by atoms with van der Waals surface area (Å²) in [6.45, 7) is 13.4. The fourth-order valence-corrected chi connectivity index (χ4v) is 5.02. The maximum atomic E-state index is 6.56. The normalized spacial score (nSPS) is 17.8. The fourth-order valence-electron chi connectivity index (χ4n) is 5.02. The Labute approximate surface area is 217 Å². The third-order valence-corrected chi connectivity index (χ3v) is 7.51. The van der Waals surface area contributed by atoms with E-state index in [2.05, 4.69) is 75.5 Å². The molecular weight excluding hydrogens is 446 g/mol. The third kappa shape index (κ3) is 6.97. The van der Waals surface area contributed by atoms with Crippen molar-refractivity contribution in [2.75, 3.05) is 26.3 Å². The second kappa shape index (κ2) is 13.0. The largest absolute Gasteiger partial charge is 0.494 e. The van der Waals surface area contributed by atoms with E-state index in [1.54, 1.807) is 0 Å². The van der Waals surface area contributed by atoms with Crippen LogP contribution in [0.5, 0.6) is 5.75 Å². The molecular formula is C32H41NO3. The molecule has 1 fully saturated rings. The zero-order valence-corrected chi connectivity index (χ0v) is 22.3. The molecule has 1 aliphatic rings. The van der Waals surface area contributed by atoms with Gasteiger partial charge < -0.3 is 19.5 Å². The number of hydrogen-bond donors (Lipinski definition) is 1. The molecule has 1 aliphatic heterocycles. The minimum Gasteiger partial charge on any atom is -0.494 e. The van der Waals surface area contributed by atoms with Crippen LogP contribution in [0.25, 0.3) is 0 Å². The number of hydrogen-bond acceptors (Lipinski definition) is 4. The van der Waals surface area contributed by atoms with Gasteiger partial charge in [0.15, 0.2) is 0 Å². The van der Waals surface area contributed by atoms with Gasteiger partial charge in [-0.3, -0.25) is 0 Å². The zero-order valence-electron chi connectivity index (χ0n) is 22.3. The van der Waals surface area contributed by atoms with E-state index >= 15 is 0 Å².